The van der Waals surface area contributed by atoms with Gasteiger partial charge in [0.05, 0.1) is 5.56 Å². The SMILES string of the molecule is CC(N)C1CCN(C(=O)c2cc(F)ccc2F)CC1.Cl. The molecule has 1 aromatic rings. The highest BCUT2D eigenvalue weighted by Crippen LogP contribution is 2.22. The first kappa shape index (κ1) is 16.9. The Morgan fingerprint density at radius 1 is 1.35 bits per heavy atom. The number of rotatable bonds is 2. The van der Waals surface area contributed by atoms with Crippen LogP contribution < -0.4 is 5.73 Å². The van der Waals surface area contributed by atoms with Gasteiger partial charge in [-0.15, -0.1) is 12.4 Å². The van der Waals surface area contributed by atoms with Gasteiger partial charge >= 0.3 is 0 Å². The Morgan fingerprint density at radius 3 is 2.50 bits per heavy atom. The molecule has 0 aromatic heterocycles. The summed E-state index contributed by atoms with van der Waals surface area (Å²) in [5.74, 6) is -1.34. The van der Waals surface area contributed by atoms with Gasteiger partial charge in [0.15, 0.2) is 0 Å². The van der Waals surface area contributed by atoms with Crippen LogP contribution in [0.5, 0.6) is 0 Å². The normalized spacial score (nSPS) is 17.5. The second-order valence-corrected chi connectivity index (χ2v) is 5.11. The smallest absolute Gasteiger partial charge is 0.256 e. The summed E-state index contributed by atoms with van der Waals surface area (Å²) in [5, 5.41) is 0. The molecule has 1 amide bonds. The van der Waals surface area contributed by atoms with Crippen LogP contribution in [-0.2, 0) is 0 Å². The molecule has 1 saturated heterocycles. The van der Waals surface area contributed by atoms with Crippen molar-refractivity contribution in [2.75, 3.05) is 13.1 Å². The van der Waals surface area contributed by atoms with Gasteiger partial charge in [-0.1, -0.05) is 0 Å². The Bertz CT molecular complexity index is 474. The molecule has 0 bridgehead atoms. The van der Waals surface area contributed by atoms with Gasteiger partial charge in [0.2, 0.25) is 0 Å². The molecule has 1 heterocycles. The fourth-order valence-electron chi connectivity index (χ4n) is 2.46. The van der Waals surface area contributed by atoms with E-state index in [1.54, 1.807) is 4.90 Å². The van der Waals surface area contributed by atoms with Crippen LogP contribution in [-0.4, -0.2) is 29.9 Å². The Balaban J connectivity index is 0.00000200. The van der Waals surface area contributed by atoms with E-state index in [1.165, 1.54) is 0 Å². The molecule has 0 aliphatic carbocycles. The lowest BCUT2D eigenvalue weighted by atomic mass is 9.90. The lowest BCUT2D eigenvalue weighted by molar-refractivity contribution is 0.0675. The van der Waals surface area contributed by atoms with Crippen molar-refractivity contribution in [2.24, 2.45) is 11.7 Å². The van der Waals surface area contributed by atoms with Crippen molar-refractivity contribution in [3.8, 4) is 0 Å². The van der Waals surface area contributed by atoms with Crippen LogP contribution in [0.3, 0.4) is 0 Å². The minimum absolute atomic E-state index is 0. The van der Waals surface area contributed by atoms with E-state index < -0.39 is 17.5 Å². The molecular weight excluding hydrogens is 286 g/mol. The van der Waals surface area contributed by atoms with Gasteiger partial charge in [-0.2, -0.15) is 0 Å². The minimum atomic E-state index is -0.680. The van der Waals surface area contributed by atoms with E-state index >= 15 is 0 Å². The number of halogens is 3. The zero-order valence-electron chi connectivity index (χ0n) is 11.3. The third-order valence-corrected chi connectivity index (χ3v) is 3.73. The highest BCUT2D eigenvalue weighted by molar-refractivity contribution is 5.94. The number of nitrogens with two attached hydrogens (primary N) is 1. The Hall–Kier alpha value is -1.20. The van der Waals surface area contributed by atoms with Gasteiger partial charge in [0.25, 0.3) is 5.91 Å². The molecule has 0 saturated carbocycles. The lowest BCUT2D eigenvalue weighted by Crippen LogP contribution is -2.42. The molecule has 112 valence electrons. The maximum Gasteiger partial charge on any atom is 0.256 e. The summed E-state index contributed by atoms with van der Waals surface area (Å²) in [6.07, 6.45) is 1.61. The Labute approximate surface area is 123 Å². The maximum atomic E-state index is 13.5. The largest absolute Gasteiger partial charge is 0.339 e. The number of amides is 1. The third-order valence-electron chi connectivity index (χ3n) is 3.73. The van der Waals surface area contributed by atoms with Crippen LogP contribution in [0.2, 0.25) is 0 Å². The fourth-order valence-corrected chi connectivity index (χ4v) is 2.46. The fraction of sp³-hybridized carbons (Fsp3) is 0.500. The van der Waals surface area contributed by atoms with Crippen molar-refractivity contribution in [1.82, 2.24) is 4.90 Å². The van der Waals surface area contributed by atoms with Crippen LogP contribution in [0.25, 0.3) is 0 Å². The number of benzene rings is 1. The monoisotopic (exact) mass is 304 g/mol. The average molecular weight is 305 g/mol. The van der Waals surface area contributed by atoms with Gasteiger partial charge in [-0.3, -0.25) is 4.79 Å². The number of likely N-dealkylation sites (tertiary alicyclic amines) is 1. The lowest BCUT2D eigenvalue weighted by Gasteiger charge is -2.33. The molecule has 2 rings (SSSR count). The predicted octanol–water partition coefficient (Wildman–Crippen LogP) is 2.59. The average Bonchev–Trinajstić information content (AvgIpc) is 2.41. The predicted molar refractivity (Wildman–Crippen MR) is 75.9 cm³/mol. The van der Waals surface area contributed by atoms with Crippen LogP contribution >= 0.6 is 12.4 Å². The molecule has 1 aliphatic rings. The standard InChI is InChI=1S/C14H18F2N2O.ClH/c1-9(17)10-4-6-18(7-5-10)14(19)12-8-11(15)2-3-13(12)16;/h2-3,8-10H,4-7,17H2,1H3;1H. The molecule has 2 N–H and O–H groups in total. The number of carbonyl (C=O) groups is 1. The van der Waals surface area contributed by atoms with Gasteiger partial charge in [-0.25, -0.2) is 8.78 Å². The number of hydrogen-bond donors (Lipinski definition) is 1. The van der Waals surface area contributed by atoms with Crippen molar-refractivity contribution in [1.29, 1.82) is 0 Å². The molecule has 3 nitrogen and oxygen atoms in total. The van der Waals surface area contributed by atoms with E-state index in [1.807, 2.05) is 6.92 Å². The highest BCUT2D eigenvalue weighted by atomic mass is 35.5. The zero-order chi connectivity index (χ0) is 14.0. The molecule has 20 heavy (non-hydrogen) atoms. The second-order valence-electron chi connectivity index (χ2n) is 5.11. The summed E-state index contributed by atoms with van der Waals surface area (Å²) >= 11 is 0. The second kappa shape index (κ2) is 6.99. The molecular formula is C14H19ClF2N2O. The van der Waals surface area contributed by atoms with Crippen LogP contribution in [0, 0.1) is 17.6 Å². The molecule has 1 unspecified atom stereocenters. The number of hydrogen-bond acceptors (Lipinski definition) is 2. The summed E-state index contributed by atoms with van der Waals surface area (Å²) in [6, 6.07) is 3.05. The Kier molecular flexibility index (Phi) is 5.89. The van der Waals surface area contributed by atoms with E-state index in [9.17, 15) is 13.6 Å². The van der Waals surface area contributed by atoms with Gasteiger partial charge < -0.3 is 10.6 Å². The molecule has 1 aromatic carbocycles. The minimum Gasteiger partial charge on any atom is -0.339 e. The van der Waals surface area contributed by atoms with E-state index in [-0.39, 0.29) is 24.0 Å². The zero-order valence-corrected chi connectivity index (χ0v) is 12.1. The van der Waals surface area contributed by atoms with Crippen LogP contribution in [0.1, 0.15) is 30.1 Å². The summed E-state index contributed by atoms with van der Waals surface area (Å²) in [4.78, 5) is 13.7. The molecule has 1 aliphatic heterocycles. The number of piperidine rings is 1. The Morgan fingerprint density at radius 2 is 1.95 bits per heavy atom. The molecule has 1 fully saturated rings. The van der Waals surface area contributed by atoms with Crippen molar-refractivity contribution < 1.29 is 13.6 Å². The topological polar surface area (TPSA) is 46.3 Å². The first-order valence-electron chi connectivity index (χ1n) is 6.49. The number of carbonyl (C=O) groups excluding carboxylic acids is 1. The van der Waals surface area contributed by atoms with Crippen molar-refractivity contribution in [3.05, 3.63) is 35.4 Å². The first-order chi connectivity index (χ1) is 8.99. The van der Waals surface area contributed by atoms with Crippen molar-refractivity contribution >= 4 is 18.3 Å². The summed E-state index contributed by atoms with van der Waals surface area (Å²) in [6.45, 7) is 3.04. The van der Waals surface area contributed by atoms with E-state index in [0.29, 0.717) is 19.0 Å². The molecule has 1 atom stereocenters. The summed E-state index contributed by atoms with van der Waals surface area (Å²) < 4.78 is 26.6. The maximum absolute atomic E-state index is 13.5. The quantitative estimate of drug-likeness (QED) is 0.913. The van der Waals surface area contributed by atoms with Crippen LogP contribution in [0.15, 0.2) is 18.2 Å². The molecule has 0 spiro atoms. The van der Waals surface area contributed by atoms with Crippen LogP contribution in [0.4, 0.5) is 8.78 Å². The highest BCUT2D eigenvalue weighted by Gasteiger charge is 2.26. The third kappa shape index (κ3) is 3.67. The molecule has 0 radical (unpaired) electrons. The first-order valence-corrected chi connectivity index (χ1v) is 6.49. The van der Waals surface area contributed by atoms with Gasteiger partial charge in [-0.05, 0) is 43.9 Å². The van der Waals surface area contributed by atoms with Gasteiger partial charge in [0, 0.05) is 19.1 Å². The number of nitrogens with zero attached hydrogens (tertiary/aromatic N) is 1. The summed E-state index contributed by atoms with van der Waals surface area (Å²) in [5.41, 5.74) is 5.64. The van der Waals surface area contributed by atoms with Crippen molar-refractivity contribution in [3.63, 3.8) is 0 Å². The van der Waals surface area contributed by atoms with E-state index in [0.717, 1.165) is 31.0 Å². The summed E-state index contributed by atoms with van der Waals surface area (Å²) in [7, 11) is 0. The van der Waals surface area contributed by atoms with Gasteiger partial charge in [0.1, 0.15) is 11.6 Å². The molecule has 6 heteroatoms. The van der Waals surface area contributed by atoms with E-state index in [2.05, 4.69) is 0 Å². The van der Waals surface area contributed by atoms with E-state index in [4.69, 9.17) is 5.73 Å². The van der Waals surface area contributed by atoms with Crippen molar-refractivity contribution in [2.45, 2.75) is 25.8 Å².